The molecule has 2 rings (SSSR count). The van der Waals surface area contributed by atoms with Crippen LogP contribution < -0.4 is 5.73 Å². The molecular weight excluding hydrogens is 136 g/mol. The van der Waals surface area contributed by atoms with Crippen LogP contribution in [0.25, 0.3) is 10.9 Å². The third-order valence-electron chi connectivity index (χ3n) is 1.30. The second-order valence-corrected chi connectivity index (χ2v) is 1.99. The molecule has 1 heterocycles. The summed E-state index contributed by atoms with van der Waals surface area (Å²) in [5, 5.41) is -0.00278. The fraction of sp³-hybridized carbons (Fsp3) is 0. The highest BCUT2D eigenvalue weighted by Gasteiger charge is 1.94. The predicted molar refractivity (Wildman–Crippen MR) is 46.2 cm³/mol. The Labute approximate surface area is 73.1 Å². The van der Waals surface area contributed by atoms with Gasteiger partial charge in [-0.3, -0.25) is 4.98 Å². The van der Waals surface area contributed by atoms with Gasteiger partial charge < -0.3 is 5.73 Å². The highest BCUT2D eigenvalue weighted by atomic mass is 14.7. The van der Waals surface area contributed by atoms with Crippen LogP contribution >= 0.6 is 0 Å². The number of hydrogen-bond acceptors (Lipinski definition) is 2. The molecule has 0 atom stereocenters. The Balaban J connectivity index is 3.12. The topological polar surface area (TPSA) is 38.9 Å². The first-order valence-corrected chi connectivity index (χ1v) is 2.99. The third-order valence-corrected chi connectivity index (χ3v) is 1.30. The van der Waals surface area contributed by atoms with Crippen molar-refractivity contribution in [1.29, 1.82) is 0 Å². The molecule has 0 spiro atoms. The fourth-order valence-corrected chi connectivity index (χ4v) is 0.791. The van der Waals surface area contributed by atoms with Crippen molar-refractivity contribution in [2.75, 3.05) is 5.73 Å². The van der Waals surface area contributed by atoms with Crippen LogP contribution in [0.1, 0.15) is 8.22 Å². The van der Waals surface area contributed by atoms with E-state index in [-0.39, 0.29) is 34.7 Å². The smallest absolute Gasteiger partial charge is 0.0841 e. The molecule has 0 aliphatic rings. The first-order chi connectivity index (χ1) is 7.86. The predicted octanol–water partition coefficient (Wildman–Crippen LogP) is 1.82. The highest BCUT2D eigenvalue weighted by Crippen LogP contribution is 2.16. The summed E-state index contributed by atoms with van der Waals surface area (Å²) in [5.74, 6) is 0. The van der Waals surface area contributed by atoms with Gasteiger partial charge in [0.15, 0.2) is 0 Å². The first kappa shape index (κ1) is 2.48. The molecule has 0 unspecified atom stereocenters. The minimum Gasteiger partial charge on any atom is -0.398 e. The van der Waals surface area contributed by atoms with Crippen molar-refractivity contribution in [3.63, 3.8) is 0 Å². The van der Waals surface area contributed by atoms with Crippen molar-refractivity contribution in [2.24, 2.45) is 0 Å². The number of nitrogen functional groups attached to an aromatic ring is 1. The van der Waals surface area contributed by atoms with E-state index < -0.39 is 18.3 Å². The van der Waals surface area contributed by atoms with E-state index in [4.69, 9.17) is 14.0 Å². The molecule has 54 valence electrons. The quantitative estimate of drug-likeness (QED) is 0.622. The molecule has 0 bridgehead atoms. The lowest BCUT2D eigenvalue weighted by atomic mass is 10.2. The molecule has 0 saturated carbocycles. The van der Waals surface area contributed by atoms with E-state index in [0.717, 1.165) is 0 Å². The van der Waals surface area contributed by atoms with E-state index in [9.17, 15) is 0 Å². The minimum atomic E-state index is -0.425. The van der Waals surface area contributed by atoms with E-state index in [1.54, 1.807) is 0 Å². The molecule has 1 aromatic heterocycles. The van der Waals surface area contributed by atoms with Crippen molar-refractivity contribution < 1.29 is 8.22 Å². The highest BCUT2D eigenvalue weighted by molar-refractivity contribution is 5.89. The molecule has 0 aliphatic heterocycles. The summed E-state index contributed by atoms with van der Waals surface area (Å²) in [5.41, 5.74) is 5.39. The van der Waals surface area contributed by atoms with Gasteiger partial charge in [0.1, 0.15) is 0 Å². The number of aromatic nitrogens is 1. The Bertz CT molecular complexity index is 631. The average Bonchev–Trinajstić information content (AvgIpc) is 2.30. The number of rotatable bonds is 0. The molecule has 0 radical (unpaired) electrons. The molecule has 0 fully saturated rings. The zero-order valence-corrected chi connectivity index (χ0v) is 5.52. The Hall–Kier alpha value is -1.57. The van der Waals surface area contributed by atoms with E-state index in [1.807, 2.05) is 0 Å². The Morgan fingerprint density at radius 2 is 2.09 bits per heavy atom. The van der Waals surface area contributed by atoms with Crippen molar-refractivity contribution in [1.82, 2.24) is 4.98 Å². The van der Waals surface area contributed by atoms with Gasteiger partial charge in [0, 0.05) is 17.2 Å². The number of nitrogens with zero attached hydrogens (tertiary/aromatic N) is 1. The summed E-state index contributed by atoms with van der Waals surface area (Å²) in [6.45, 7) is 0. The zero-order valence-electron chi connectivity index (χ0n) is 11.5. The summed E-state index contributed by atoms with van der Waals surface area (Å²) in [6, 6.07) is -1.86. The zero-order chi connectivity index (χ0) is 12.9. The van der Waals surface area contributed by atoms with E-state index >= 15 is 0 Å². The lowest BCUT2D eigenvalue weighted by molar-refractivity contribution is 1.41. The van der Waals surface area contributed by atoms with E-state index in [1.165, 1.54) is 0 Å². The largest absolute Gasteiger partial charge is 0.398 e. The fourth-order valence-electron chi connectivity index (χ4n) is 0.791. The number of anilines is 1. The lowest BCUT2D eigenvalue weighted by Crippen LogP contribution is -1.87. The molecule has 11 heavy (non-hydrogen) atoms. The minimum absolute atomic E-state index is 0.00278. The van der Waals surface area contributed by atoms with Crippen molar-refractivity contribution in [2.45, 2.75) is 0 Å². The van der Waals surface area contributed by atoms with Gasteiger partial charge in [-0.2, -0.15) is 0 Å². The summed E-state index contributed by atoms with van der Waals surface area (Å²) in [7, 11) is 0. The summed E-state index contributed by atoms with van der Waals surface area (Å²) < 4.78 is 45.2. The molecule has 0 saturated heterocycles. The molecule has 0 aliphatic carbocycles. The van der Waals surface area contributed by atoms with Gasteiger partial charge in [-0.25, -0.2) is 0 Å². The molecule has 2 nitrogen and oxygen atoms in total. The standard InChI is InChI=1S/C9H8N2/c10-8-5-6-11-9-4-2-1-3-7(8)9/h1-6H,(H2,10,11)/i1D,2D,3D,4D,5D,6D. The number of nitrogens with two attached hydrogens (primary N) is 1. The van der Waals surface area contributed by atoms with Crippen LogP contribution in [0.2, 0.25) is 0 Å². The third kappa shape index (κ3) is 0.923. The Morgan fingerprint density at radius 3 is 3.00 bits per heavy atom. The number of hydrogen-bond donors (Lipinski definition) is 1. The molecular formula is C9H8N2. The molecule has 2 heteroatoms. The van der Waals surface area contributed by atoms with E-state index in [2.05, 4.69) is 4.98 Å². The molecule has 2 N–H and O–H groups in total. The van der Waals surface area contributed by atoms with Gasteiger partial charge in [-0.1, -0.05) is 18.1 Å². The van der Waals surface area contributed by atoms with E-state index in [0.29, 0.717) is 0 Å². The number of pyridine rings is 1. The van der Waals surface area contributed by atoms with Gasteiger partial charge in [0.25, 0.3) is 0 Å². The van der Waals surface area contributed by atoms with Crippen LogP contribution in [0.3, 0.4) is 0 Å². The molecule has 2 aromatic rings. The van der Waals surface area contributed by atoms with Crippen molar-refractivity contribution in [3.05, 3.63) is 36.4 Å². The second kappa shape index (κ2) is 2.23. The average molecular weight is 150 g/mol. The van der Waals surface area contributed by atoms with Crippen LogP contribution in [0, 0.1) is 0 Å². The van der Waals surface area contributed by atoms with Crippen LogP contribution in [0.5, 0.6) is 0 Å². The number of benzene rings is 1. The lowest BCUT2D eigenvalue weighted by Gasteiger charge is -1.97. The number of fused-ring (bicyclic) bond motifs is 1. The normalized spacial score (nSPS) is 17.8. The second-order valence-electron chi connectivity index (χ2n) is 1.99. The van der Waals surface area contributed by atoms with Gasteiger partial charge in [-0.15, -0.1) is 0 Å². The summed E-state index contributed by atoms with van der Waals surface area (Å²) in [6.07, 6.45) is -0.403. The number of para-hydroxylation sites is 1. The molecule has 0 amide bonds. The van der Waals surface area contributed by atoms with Crippen LogP contribution in [0.4, 0.5) is 5.69 Å². The van der Waals surface area contributed by atoms with Crippen molar-refractivity contribution in [3.8, 4) is 0 Å². The van der Waals surface area contributed by atoms with Crippen molar-refractivity contribution >= 4 is 16.6 Å². The maximum absolute atomic E-state index is 7.68. The van der Waals surface area contributed by atoms with Gasteiger partial charge in [0.05, 0.1) is 13.7 Å². The van der Waals surface area contributed by atoms with Crippen LogP contribution in [0.15, 0.2) is 36.4 Å². The summed E-state index contributed by atoms with van der Waals surface area (Å²) in [4.78, 5) is 3.69. The maximum Gasteiger partial charge on any atom is 0.0841 e. The SMILES string of the molecule is [2H]c1nc2c([2H])c([2H])c([2H])c([2H])c2c(N)c1[2H]. The molecule has 1 aromatic carbocycles. The Kier molecular flexibility index (Phi) is 0.504. The van der Waals surface area contributed by atoms with Crippen LogP contribution in [-0.2, 0) is 0 Å². The van der Waals surface area contributed by atoms with Gasteiger partial charge in [-0.05, 0) is 12.1 Å². The Morgan fingerprint density at radius 1 is 1.27 bits per heavy atom. The first-order valence-electron chi connectivity index (χ1n) is 5.99. The van der Waals surface area contributed by atoms with Gasteiger partial charge in [0.2, 0.25) is 0 Å². The van der Waals surface area contributed by atoms with Crippen LogP contribution in [-0.4, -0.2) is 4.98 Å². The summed E-state index contributed by atoms with van der Waals surface area (Å²) >= 11 is 0. The maximum atomic E-state index is 7.68. The monoisotopic (exact) mass is 150 g/mol. The van der Waals surface area contributed by atoms with Gasteiger partial charge >= 0.3 is 0 Å².